The Morgan fingerprint density at radius 1 is 1.45 bits per heavy atom. The van der Waals surface area contributed by atoms with Crippen molar-refractivity contribution in [3.05, 3.63) is 5.89 Å². The fourth-order valence-corrected chi connectivity index (χ4v) is 1.07. The van der Waals surface area contributed by atoms with E-state index >= 15 is 0 Å². The molecule has 0 bridgehead atoms. The summed E-state index contributed by atoms with van der Waals surface area (Å²) in [6.07, 6.45) is 3.61. The molecule has 0 unspecified atom stereocenters. The molecule has 0 radical (unpaired) electrons. The molecule has 1 fully saturated rings. The molecular formula is C6H10ClN3O. The maximum Gasteiger partial charge on any atom is 0.260 e. The van der Waals surface area contributed by atoms with Gasteiger partial charge in [0.25, 0.3) is 5.95 Å². The van der Waals surface area contributed by atoms with Crippen LogP contribution < -0.4 is 5.73 Å². The second-order valence-corrected chi connectivity index (χ2v) is 2.62. The molecule has 1 saturated carbocycles. The van der Waals surface area contributed by atoms with Crippen molar-refractivity contribution in [2.45, 2.75) is 25.2 Å². The smallest absolute Gasteiger partial charge is 0.260 e. The number of hydrogen-bond acceptors (Lipinski definition) is 4. The standard InChI is InChI=1S/C6H9N3O.ClH/c7-6-8-5(10-9-6)4-2-1-3-4;/h4H,1-3H2,(H2,7,9);1H. The van der Waals surface area contributed by atoms with Crippen LogP contribution in [0.1, 0.15) is 31.1 Å². The van der Waals surface area contributed by atoms with E-state index in [0.29, 0.717) is 11.8 Å². The van der Waals surface area contributed by atoms with Crippen LogP contribution >= 0.6 is 12.4 Å². The molecule has 0 amide bonds. The van der Waals surface area contributed by atoms with E-state index in [1.807, 2.05) is 0 Å². The Kier molecular flexibility index (Phi) is 2.34. The normalized spacial score (nSPS) is 17.1. The molecule has 5 heteroatoms. The molecule has 1 aliphatic carbocycles. The first-order valence-corrected chi connectivity index (χ1v) is 3.45. The first-order chi connectivity index (χ1) is 4.86. The van der Waals surface area contributed by atoms with Gasteiger partial charge in [-0.05, 0) is 18.0 Å². The lowest BCUT2D eigenvalue weighted by molar-refractivity contribution is 0.292. The number of aromatic nitrogens is 2. The summed E-state index contributed by atoms with van der Waals surface area (Å²) in [5, 5.41) is 3.51. The fraction of sp³-hybridized carbons (Fsp3) is 0.667. The first kappa shape index (κ1) is 8.33. The van der Waals surface area contributed by atoms with E-state index in [0.717, 1.165) is 0 Å². The van der Waals surface area contributed by atoms with Crippen molar-refractivity contribution in [3.63, 3.8) is 0 Å². The zero-order valence-electron chi connectivity index (χ0n) is 5.99. The van der Waals surface area contributed by atoms with E-state index in [-0.39, 0.29) is 18.4 Å². The van der Waals surface area contributed by atoms with Gasteiger partial charge in [-0.15, -0.1) is 12.4 Å². The van der Waals surface area contributed by atoms with Gasteiger partial charge in [0.05, 0.1) is 0 Å². The molecule has 0 aromatic carbocycles. The van der Waals surface area contributed by atoms with Crippen LogP contribution in [0.25, 0.3) is 0 Å². The van der Waals surface area contributed by atoms with Crippen LogP contribution in [0.4, 0.5) is 5.95 Å². The number of rotatable bonds is 1. The number of halogens is 1. The molecule has 62 valence electrons. The third-order valence-corrected chi connectivity index (χ3v) is 1.91. The average Bonchev–Trinajstić information content (AvgIpc) is 2.10. The first-order valence-electron chi connectivity index (χ1n) is 3.45. The lowest BCUT2D eigenvalue weighted by Gasteiger charge is -2.20. The summed E-state index contributed by atoms with van der Waals surface area (Å²) in [7, 11) is 0. The zero-order chi connectivity index (χ0) is 6.97. The van der Waals surface area contributed by atoms with Crippen molar-refractivity contribution in [2.75, 3.05) is 5.73 Å². The fourth-order valence-electron chi connectivity index (χ4n) is 1.07. The molecule has 0 saturated heterocycles. The van der Waals surface area contributed by atoms with Gasteiger partial charge in [-0.3, -0.25) is 0 Å². The highest BCUT2D eigenvalue weighted by Crippen LogP contribution is 2.35. The minimum Gasteiger partial charge on any atom is -0.365 e. The Labute approximate surface area is 70.6 Å². The average molecular weight is 176 g/mol. The highest BCUT2D eigenvalue weighted by molar-refractivity contribution is 5.85. The predicted octanol–water partition coefficient (Wildman–Crippen LogP) is 1.34. The lowest BCUT2D eigenvalue weighted by atomic mass is 9.85. The van der Waals surface area contributed by atoms with Gasteiger partial charge in [-0.1, -0.05) is 6.42 Å². The van der Waals surface area contributed by atoms with Crippen molar-refractivity contribution in [2.24, 2.45) is 0 Å². The molecule has 1 aromatic rings. The van der Waals surface area contributed by atoms with Crippen molar-refractivity contribution >= 4 is 18.4 Å². The van der Waals surface area contributed by atoms with E-state index in [9.17, 15) is 0 Å². The molecule has 11 heavy (non-hydrogen) atoms. The molecule has 1 aromatic heterocycles. The summed E-state index contributed by atoms with van der Waals surface area (Å²) in [4.78, 5) is 3.93. The van der Waals surface area contributed by atoms with Crippen molar-refractivity contribution in [3.8, 4) is 0 Å². The monoisotopic (exact) mass is 175 g/mol. The number of nitrogen functional groups attached to an aromatic ring is 1. The van der Waals surface area contributed by atoms with Crippen molar-refractivity contribution in [1.82, 2.24) is 10.1 Å². The van der Waals surface area contributed by atoms with Crippen molar-refractivity contribution < 1.29 is 4.52 Å². The molecule has 1 heterocycles. The number of hydrogen-bond donors (Lipinski definition) is 1. The second kappa shape index (κ2) is 3.09. The summed E-state index contributed by atoms with van der Waals surface area (Å²) >= 11 is 0. The maximum absolute atomic E-state index is 5.28. The van der Waals surface area contributed by atoms with Gasteiger partial charge in [0.15, 0.2) is 0 Å². The van der Waals surface area contributed by atoms with Gasteiger partial charge in [0.1, 0.15) is 0 Å². The van der Waals surface area contributed by atoms with Crippen LogP contribution in [-0.4, -0.2) is 10.1 Å². The van der Waals surface area contributed by atoms with Crippen LogP contribution in [0.5, 0.6) is 0 Å². The van der Waals surface area contributed by atoms with Crippen LogP contribution in [-0.2, 0) is 0 Å². The minimum absolute atomic E-state index is 0. The minimum atomic E-state index is 0. The second-order valence-electron chi connectivity index (χ2n) is 2.62. The molecule has 2 rings (SSSR count). The summed E-state index contributed by atoms with van der Waals surface area (Å²) < 4.78 is 4.88. The summed E-state index contributed by atoms with van der Waals surface area (Å²) in [5.41, 5.74) is 5.28. The number of anilines is 1. The summed E-state index contributed by atoms with van der Waals surface area (Å²) in [5.74, 6) is 1.45. The molecule has 2 N–H and O–H groups in total. The third kappa shape index (κ3) is 1.45. The molecule has 0 aliphatic heterocycles. The highest BCUT2D eigenvalue weighted by Gasteiger charge is 2.24. The Morgan fingerprint density at radius 2 is 2.18 bits per heavy atom. The van der Waals surface area contributed by atoms with Crippen molar-refractivity contribution in [1.29, 1.82) is 0 Å². The largest absolute Gasteiger partial charge is 0.365 e. The predicted molar refractivity (Wildman–Crippen MR) is 42.6 cm³/mol. The quantitative estimate of drug-likeness (QED) is 0.700. The SMILES string of the molecule is Cl.Nc1noc(C2CCC2)n1. The summed E-state index contributed by atoms with van der Waals surface area (Å²) in [6, 6.07) is 0. The van der Waals surface area contributed by atoms with Gasteiger partial charge in [0.2, 0.25) is 5.89 Å². The van der Waals surface area contributed by atoms with Gasteiger partial charge in [0, 0.05) is 5.92 Å². The number of nitrogens with two attached hydrogens (primary N) is 1. The molecule has 0 atom stereocenters. The van der Waals surface area contributed by atoms with Gasteiger partial charge in [-0.25, -0.2) is 0 Å². The topological polar surface area (TPSA) is 64.9 Å². The maximum atomic E-state index is 5.28. The zero-order valence-corrected chi connectivity index (χ0v) is 6.80. The molecular weight excluding hydrogens is 166 g/mol. The van der Waals surface area contributed by atoms with E-state index in [1.54, 1.807) is 0 Å². The highest BCUT2D eigenvalue weighted by atomic mass is 35.5. The van der Waals surface area contributed by atoms with Crippen LogP contribution in [0.3, 0.4) is 0 Å². The Bertz CT molecular complexity index is 233. The van der Waals surface area contributed by atoms with E-state index in [1.165, 1.54) is 19.3 Å². The van der Waals surface area contributed by atoms with E-state index in [2.05, 4.69) is 10.1 Å². The van der Waals surface area contributed by atoms with E-state index in [4.69, 9.17) is 10.3 Å². The molecule has 4 nitrogen and oxygen atoms in total. The third-order valence-electron chi connectivity index (χ3n) is 1.91. The van der Waals surface area contributed by atoms with Gasteiger partial charge in [-0.2, -0.15) is 4.98 Å². The van der Waals surface area contributed by atoms with Crippen LogP contribution in [0.15, 0.2) is 4.52 Å². The lowest BCUT2D eigenvalue weighted by Crippen LogP contribution is -2.08. The summed E-state index contributed by atoms with van der Waals surface area (Å²) in [6.45, 7) is 0. The molecule has 0 spiro atoms. The van der Waals surface area contributed by atoms with E-state index < -0.39 is 0 Å². The van der Waals surface area contributed by atoms with Gasteiger partial charge >= 0.3 is 0 Å². The number of nitrogens with zero attached hydrogens (tertiary/aromatic N) is 2. The Hall–Kier alpha value is -0.770. The van der Waals surface area contributed by atoms with Crippen LogP contribution in [0.2, 0.25) is 0 Å². The molecule has 1 aliphatic rings. The van der Waals surface area contributed by atoms with Gasteiger partial charge < -0.3 is 10.3 Å². The van der Waals surface area contributed by atoms with Crippen LogP contribution in [0, 0.1) is 0 Å². The Balaban J connectivity index is 0.000000605. The Morgan fingerprint density at radius 3 is 2.55 bits per heavy atom.